The predicted molar refractivity (Wildman–Crippen MR) is 112 cm³/mol. The summed E-state index contributed by atoms with van der Waals surface area (Å²) in [5.74, 6) is 0. The van der Waals surface area contributed by atoms with Gasteiger partial charge >= 0.3 is 5.69 Å². The third kappa shape index (κ3) is 3.51. The van der Waals surface area contributed by atoms with Crippen molar-refractivity contribution in [2.24, 2.45) is 0 Å². The molecular weight excluding hydrogens is 424 g/mol. The van der Waals surface area contributed by atoms with Crippen LogP contribution in [-0.4, -0.2) is 63.6 Å². The number of hydrogen-bond acceptors (Lipinski definition) is 7. The number of piperazine rings is 1. The summed E-state index contributed by atoms with van der Waals surface area (Å²) >= 11 is 1.42. The van der Waals surface area contributed by atoms with E-state index in [1.165, 1.54) is 30.6 Å². The van der Waals surface area contributed by atoms with Crippen molar-refractivity contribution in [2.75, 3.05) is 26.2 Å². The Morgan fingerprint density at radius 3 is 2.57 bits per heavy atom. The van der Waals surface area contributed by atoms with Crippen LogP contribution in [0.3, 0.4) is 0 Å². The van der Waals surface area contributed by atoms with Crippen LogP contribution in [0.4, 0.5) is 0 Å². The lowest BCUT2D eigenvalue weighted by Gasteiger charge is -2.33. The van der Waals surface area contributed by atoms with Gasteiger partial charge in [0, 0.05) is 26.2 Å². The molecule has 1 aliphatic carbocycles. The average molecular weight is 447 g/mol. The highest BCUT2D eigenvalue weighted by atomic mass is 32.2. The molecule has 5 rings (SSSR count). The lowest BCUT2D eigenvalue weighted by molar-refractivity contribution is 0.142. The highest BCUT2D eigenvalue weighted by Gasteiger charge is 2.29. The van der Waals surface area contributed by atoms with E-state index in [1.54, 1.807) is 6.07 Å². The van der Waals surface area contributed by atoms with Crippen LogP contribution in [0.25, 0.3) is 5.00 Å². The molecule has 0 amide bonds. The van der Waals surface area contributed by atoms with Crippen molar-refractivity contribution in [3.8, 4) is 5.00 Å². The first kappa shape index (κ1) is 19.6. The molecule has 0 radical (unpaired) electrons. The molecule has 1 saturated heterocycles. The van der Waals surface area contributed by atoms with Crippen LogP contribution >= 0.6 is 11.3 Å². The van der Waals surface area contributed by atoms with E-state index in [2.05, 4.69) is 10.4 Å². The summed E-state index contributed by atoms with van der Waals surface area (Å²) in [7, 11) is -3.51. The van der Waals surface area contributed by atoms with E-state index in [-0.39, 0.29) is 12.4 Å². The SMILES string of the molecule is O=c1n(CN2CCN(S(=O)(=O)c3ccc4c(c3)CCC4)CC2)nnn1-c1cccs1. The molecule has 2 aliphatic rings. The summed E-state index contributed by atoms with van der Waals surface area (Å²) in [5.41, 5.74) is 2.12. The van der Waals surface area contributed by atoms with E-state index in [0.717, 1.165) is 29.8 Å². The lowest BCUT2D eigenvalue weighted by atomic mass is 10.1. The molecule has 1 aromatic carbocycles. The van der Waals surface area contributed by atoms with Gasteiger partial charge in [0.05, 0.1) is 4.90 Å². The normalized spacial score (nSPS) is 18.0. The molecule has 0 atom stereocenters. The Balaban J connectivity index is 1.25. The smallest absolute Gasteiger partial charge is 0.282 e. The maximum absolute atomic E-state index is 13.1. The first-order valence-electron chi connectivity index (χ1n) is 9.93. The van der Waals surface area contributed by atoms with Crippen molar-refractivity contribution in [1.82, 2.24) is 29.0 Å². The monoisotopic (exact) mass is 446 g/mol. The molecule has 0 bridgehead atoms. The zero-order valence-corrected chi connectivity index (χ0v) is 18.0. The van der Waals surface area contributed by atoms with Gasteiger partial charge in [0.2, 0.25) is 10.0 Å². The van der Waals surface area contributed by atoms with Crippen molar-refractivity contribution < 1.29 is 8.42 Å². The maximum Gasteiger partial charge on any atom is 0.370 e. The molecule has 3 heterocycles. The number of tetrazole rings is 1. The third-order valence-electron chi connectivity index (χ3n) is 5.73. The number of nitrogens with zero attached hydrogens (tertiary/aromatic N) is 6. The minimum atomic E-state index is -3.51. The van der Waals surface area contributed by atoms with Gasteiger partial charge in [-0.25, -0.2) is 13.2 Å². The van der Waals surface area contributed by atoms with Crippen molar-refractivity contribution >= 4 is 21.4 Å². The van der Waals surface area contributed by atoms with E-state index in [0.29, 0.717) is 31.1 Å². The average Bonchev–Trinajstić information content (AvgIpc) is 3.50. The molecule has 9 nitrogen and oxygen atoms in total. The Morgan fingerprint density at radius 2 is 1.80 bits per heavy atom. The van der Waals surface area contributed by atoms with Gasteiger partial charge in [0.25, 0.3) is 0 Å². The van der Waals surface area contributed by atoms with E-state index in [4.69, 9.17) is 0 Å². The Bertz CT molecular complexity index is 1210. The van der Waals surface area contributed by atoms with E-state index >= 15 is 0 Å². The Labute approximate surface area is 178 Å². The van der Waals surface area contributed by atoms with Crippen LogP contribution in [0.15, 0.2) is 45.4 Å². The first-order chi connectivity index (χ1) is 14.5. The van der Waals surface area contributed by atoms with Crippen LogP contribution in [-0.2, 0) is 29.5 Å². The zero-order chi connectivity index (χ0) is 20.7. The molecule has 0 saturated carbocycles. The highest BCUT2D eigenvalue weighted by molar-refractivity contribution is 7.89. The minimum absolute atomic E-state index is 0.289. The second kappa shape index (κ2) is 7.73. The van der Waals surface area contributed by atoms with Gasteiger partial charge in [0.15, 0.2) is 0 Å². The van der Waals surface area contributed by atoms with Gasteiger partial charge in [-0.05, 0) is 70.5 Å². The summed E-state index contributed by atoms with van der Waals surface area (Å²) in [5, 5.41) is 10.5. The Morgan fingerprint density at radius 1 is 1.00 bits per heavy atom. The Hall–Kier alpha value is -2.34. The van der Waals surface area contributed by atoms with Gasteiger partial charge in [0.1, 0.15) is 11.7 Å². The second-order valence-electron chi connectivity index (χ2n) is 7.57. The Kier molecular flexibility index (Phi) is 5.05. The molecular formula is C19H22N6O3S2. The molecule has 30 heavy (non-hydrogen) atoms. The topological polar surface area (TPSA) is 93.3 Å². The molecule has 158 valence electrons. The number of aromatic nitrogens is 4. The number of sulfonamides is 1. The predicted octanol–water partition coefficient (Wildman–Crippen LogP) is 0.943. The number of rotatable bonds is 5. The lowest BCUT2D eigenvalue weighted by Crippen LogP contribution is -2.49. The summed E-state index contributed by atoms with van der Waals surface area (Å²) in [6.07, 6.45) is 3.08. The van der Waals surface area contributed by atoms with Gasteiger partial charge in [-0.2, -0.15) is 13.7 Å². The molecule has 1 aliphatic heterocycles. The number of fused-ring (bicyclic) bond motifs is 1. The molecule has 3 aromatic rings. The largest absolute Gasteiger partial charge is 0.370 e. The maximum atomic E-state index is 13.1. The summed E-state index contributed by atoms with van der Waals surface area (Å²) in [6, 6.07) is 9.19. The highest BCUT2D eigenvalue weighted by Crippen LogP contribution is 2.26. The summed E-state index contributed by atoms with van der Waals surface area (Å²) in [6.45, 7) is 2.11. The zero-order valence-electron chi connectivity index (χ0n) is 16.3. The summed E-state index contributed by atoms with van der Waals surface area (Å²) in [4.78, 5) is 14.9. The summed E-state index contributed by atoms with van der Waals surface area (Å²) < 4.78 is 30.3. The first-order valence-corrected chi connectivity index (χ1v) is 12.3. The third-order valence-corrected chi connectivity index (χ3v) is 8.47. The molecule has 0 spiro atoms. The van der Waals surface area contributed by atoms with Crippen molar-refractivity contribution in [2.45, 2.75) is 30.8 Å². The van der Waals surface area contributed by atoms with Crippen molar-refractivity contribution in [1.29, 1.82) is 0 Å². The van der Waals surface area contributed by atoms with Crippen LogP contribution in [0.1, 0.15) is 17.5 Å². The quantitative estimate of drug-likeness (QED) is 0.579. The van der Waals surface area contributed by atoms with Crippen molar-refractivity contribution in [3.63, 3.8) is 0 Å². The fraction of sp³-hybridized carbons (Fsp3) is 0.421. The van der Waals surface area contributed by atoms with Gasteiger partial charge in [-0.15, -0.1) is 11.3 Å². The van der Waals surface area contributed by atoms with E-state index in [9.17, 15) is 13.2 Å². The van der Waals surface area contributed by atoms with Crippen LogP contribution in [0.5, 0.6) is 0 Å². The standard InChI is InChI=1S/C19H22N6O3S2/c26-19-24(20-21-25(19)18-5-2-12-29-18)14-22-8-10-23(11-9-22)30(27,28)17-7-6-15-3-1-4-16(15)13-17/h2,5-7,12-13H,1,3-4,8-11,14H2. The molecule has 0 unspecified atom stereocenters. The van der Waals surface area contributed by atoms with Crippen LogP contribution in [0.2, 0.25) is 0 Å². The van der Waals surface area contributed by atoms with Gasteiger partial charge in [-0.1, -0.05) is 6.07 Å². The van der Waals surface area contributed by atoms with E-state index < -0.39 is 10.0 Å². The van der Waals surface area contributed by atoms with Crippen LogP contribution < -0.4 is 5.69 Å². The number of aryl methyl sites for hydroxylation is 2. The number of benzene rings is 1. The number of thiophene rings is 1. The molecule has 1 fully saturated rings. The number of hydrogen-bond donors (Lipinski definition) is 0. The minimum Gasteiger partial charge on any atom is -0.282 e. The molecule has 2 aromatic heterocycles. The molecule has 11 heteroatoms. The van der Waals surface area contributed by atoms with Gasteiger partial charge < -0.3 is 0 Å². The molecule has 0 N–H and O–H groups in total. The van der Waals surface area contributed by atoms with Crippen molar-refractivity contribution in [3.05, 3.63) is 57.3 Å². The van der Waals surface area contributed by atoms with Crippen LogP contribution in [0, 0.1) is 0 Å². The fourth-order valence-electron chi connectivity index (χ4n) is 4.05. The second-order valence-corrected chi connectivity index (χ2v) is 10.4. The fourth-order valence-corrected chi connectivity index (χ4v) is 6.19. The van der Waals surface area contributed by atoms with Gasteiger partial charge in [-0.3, -0.25) is 4.90 Å². The van der Waals surface area contributed by atoms with E-state index in [1.807, 2.05) is 34.5 Å².